The molecule has 1 N–H and O–H groups in total. The summed E-state index contributed by atoms with van der Waals surface area (Å²) in [5, 5.41) is 3.56. The fourth-order valence-electron chi connectivity index (χ4n) is 1.94. The highest BCUT2D eigenvalue weighted by Crippen LogP contribution is 2.18. The van der Waals surface area contributed by atoms with Gasteiger partial charge in [-0.15, -0.1) is 0 Å². The van der Waals surface area contributed by atoms with Gasteiger partial charge in [0.05, 0.1) is 17.8 Å². The summed E-state index contributed by atoms with van der Waals surface area (Å²) in [5.74, 6) is 0. The lowest BCUT2D eigenvalue weighted by molar-refractivity contribution is 0.0712. The largest absolute Gasteiger partial charge is 0.379 e. The number of rotatable bonds is 8. The Kier molecular flexibility index (Phi) is 6.91. The van der Waals surface area contributed by atoms with E-state index in [4.69, 9.17) is 4.74 Å². The average molecular weight is 250 g/mol. The third-order valence-electron chi connectivity index (χ3n) is 2.88. The summed E-state index contributed by atoms with van der Waals surface area (Å²) in [7, 11) is 0. The molecule has 3 heteroatoms. The van der Waals surface area contributed by atoms with Gasteiger partial charge in [0.15, 0.2) is 0 Å². The summed E-state index contributed by atoms with van der Waals surface area (Å²) < 4.78 is 5.65. The van der Waals surface area contributed by atoms with Crippen molar-refractivity contribution in [1.82, 2.24) is 10.3 Å². The summed E-state index contributed by atoms with van der Waals surface area (Å²) in [4.78, 5) is 4.51. The number of nitrogens with one attached hydrogen (secondary N) is 1. The first-order chi connectivity index (χ1) is 8.65. The molecule has 18 heavy (non-hydrogen) atoms. The highest BCUT2D eigenvalue weighted by atomic mass is 16.5. The molecule has 0 aromatic carbocycles. The van der Waals surface area contributed by atoms with Crippen molar-refractivity contribution in [3.8, 4) is 0 Å². The molecule has 102 valence electrons. The lowest BCUT2D eigenvalue weighted by atomic mass is 10.1. The predicted molar refractivity (Wildman–Crippen MR) is 75.7 cm³/mol. The van der Waals surface area contributed by atoms with Crippen molar-refractivity contribution in [1.29, 1.82) is 0 Å². The molecule has 0 amide bonds. The van der Waals surface area contributed by atoms with E-state index in [-0.39, 0.29) is 0 Å². The average Bonchev–Trinajstić information content (AvgIpc) is 2.34. The summed E-state index contributed by atoms with van der Waals surface area (Å²) in [6, 6.07) is 4.40. The van der Waals surface area contributed by atoms with E-state index in [1.807, 2.05) is 12.3 Å². The van der Waals surface area contributed by atoms with Gasteiger partial charge in [0.25, 0.3) is 0 Å². The van der Waals surface area contributed by atoms with E-state index in [0.717, 1.165) is 31.7 Å². The number of hydrogen-bond donors (Lipinski definition) is 1. The van der Waals surface area contributed by atoms with E-state index >= 15 is 0 Å². The molecule has 3 nitrogen and oxygen atoms in total. The zero-order valence-corrected chi connectivity index (χ0v) is 12.1. The first kappa shape index (κ1) is 15.1. The van der Waals surface area contributed by atoms with Gasteiger partial charge < -0.3 is 10.1 Å². The van der Waals surface area contributed by atoms with Gasteiger partial charge in [0.2, 0.25) is 0 Å². The molecular weight excluding hydrogens is 224 g/mol. The summed E-state index contributed by atoms with van der Waals surface area (Å²) in [5.41, 5.74) is 2.40. The Balaban J connectivity index is 2.62. The second kappa shape index (κ2) is 8.22. The minimum atomic E-state index is 0.293. The van der Waals surface area contributed by atoms with E-state index in [1.54, 1.807) is 0 Å². The van der Waals surface area contributed by atoms with Gasteiger partial charge in [0, 0.05) is 12.8 Å². The normalized spacial score (nSPS) is 12.9. The van der Waals surface area contributed by atoms with Crippen LogP contribution in [0.25, 0.3) is 0 Å². The van der Waals surface area contributed by atoms with Crippen molar-refractivity contribution >= 4 is 0 Å². The molecule has 1 aromatic heterocycles. The van der Waals surface area contributed by atoms with Crippen molar-refractivity contribution in [2.75, 3.05) is 13.2 Å². The van der Waals surface area contributed by atoms with Crippen LogP contribution in [0.2, 0.25) is 0 Å². The molecule has 0 aliphatic carbocycles. The molecular formula is C15H26N2O. The predicted octanol–water partition coefficient (Wildman–Crippen LogP) is 3.25. The molecule has 0 bridgehead atoms. The number of aromatic nitrogens is 1. The molecule has 0 saturated carbocycles. The van der Waals surface area contributed by atoms with Gasteiger partial charge in [0.1, 0.15) is 0 Å². The van der Waals surface area contributed by atoms with Crippen LogP contribution in [0.3, 0.4) is 0 Å². The van der Waals surface area contributed by atoms with Crippen LogP contribution >= 0.6 is 0 Å². The third-order valence-corrected chi connectivity index (χ3v) is 2.88. The smallest absolute Gasteiger partial charge is 0.0603 e. The van der Waals surface area contributed by atoms with Crippen molar-refractivity contribution < 1.29 is 4.74 Å². The summed E-state index contributed by atoms with van der Waals surface area (Å²) in [6.07, 6.45) is 4.26. The maximum absolute atomic E-state index is 5.65. The van der Waals surface area contributed by atoms with Crippen molar-refractivity contribution in [3.05, 3.63) is 29.6 Å². The van der Waals surface area contributed by atoms with Crippen molar-refractivity contribution in [3.63, 3.8) is 0 Å². The Morgan fingerprint density at radius 3 is 2.78 bits per heavy atom. The Morgan fingerprint density at radius 2 is 2.17 bits per heavy atom. The fourth-order valence-corrected chi connectivity index (χ4v) is 1.94. The topological polar surface area (TPSA) is 34.1 Å². The minimum Gasteiger partial charge on any atom is -0.379 e. The maximum atomic E-state index is 5.65. The molecule has 1 heterocycles. The van der Waals surface area contributed by atoms with Crippen LogP contribution < -0.4 is 5.32 Å². The quantitative estimate of drug-likeness (QED) is 0.769. The second-order valence-electron chi connectivity index (χ2n) is 4.92. The van der Waals surface area contributed by atoms with E-state index < -0.39 is 0 Å². The van der Waals surface area contributed by atoms with Gasteiger partial charge in [-0.3, -0.25) is 4.98 Å². The number of aryl methyl sites for hydroxylation is 1. The number of nitrogens with zero attached hydrogens (tertiary/aromatic N) is 1. The monoisotopic (exact) mass is 250 g/mol. The van der Waals surface area contributed by atoms with Gasteiger partial charge in [-0.2, -0.15) is 0 Å². The third kappa shape index (κ3) is 5.15. The number of pyridine rings is 1. The molecule has 0 spiro atoms. The fraction of sp³-hybridized carbons (Fsp3) is 0.667. The zero-order valence-electron chi connectivity index (χ0n) is 12.1. The van der Waals surface area contributed by atoms with Crippen LogP contribution in [0.15, 0.2) is 18.3 Å². The Hall–Kier alpha value is -0.930. The Labute approximate surface area is 111 Å². The maximum Gasteiger partial charge on any atom is 0.0603 e. The van der Waals surface area contributed by atoms with E-state index in [0.29, 0.717) is 12.1 Å². The highest BCUT2D eigenvalue weighted by molar-refractivity contribution is 5.21. The van der Waals surface area contributed by atoms with E-state index in [1.165, 1.54) is 5.56 Å². The van der Waals surface area contributed by atoms with Gasteiger partial charge in [-0.05, 0) is 51.8 Å². The molecule has 1 aromatic rings. The van der Waals surface area contributed by atoms with E-state index in [9.17, 15) is 0 Å². The van der Waals surface area contributed by atoms with Crippen LogP contribution in [0.5, 0.6) is 0 Å². The van der Waals surface area contributed by atoms with Crippen LogP contribution in [-0.4, -0.2) is 24.2 Å². The van der Waals surface area contributed by atoms with Crippen LogP contribution in [0, 0.1) is 6.92 Å². The molecule has 1 unspecified atom stereocenters. The first-order valence-electron chi connectivity index (χ1n) is 6.91. The van der Waals surface area contributed by atoms with Crippen LogP contribution in [0.1, 0.15) is 50.9 Å². The summed E-state index contributed by atoms with van der Waals surface area (Å²) >= 11 is 0. The standard InChI is InChI=1S/C15H26N2O/c1-5-9-16-14(8-11-18-12(2)3)15-13(4)7-6-10-17-15/h6-7,10,12,14,16H,5,8-9,11H2,1-4H3. The molecule has 0 aliphatic heterocycles. The lowest BCUT2D eigenvalue weighted by Gasteiger charge is -2.20. The second-order valence-corrected chi connectivity index (χ2v) is 4.92. The summed E-state index contributed by atoms with van der Waals surface area (Å²) in [6.45, 7) is 10.2. The Morgan fingerprint density at radius 1 is 1.39 bits per heavy atom. The SMILES string of the molecule is CCCNC(CCOC(C)C)c1ncccc1C. The molecule has 0 aliphatic rings. The highest BCUT2D eigenvalue weighted by Gasteiger charge is 2.14. The Bertz CT molecular complexity index is 339. The van der Waals surface area contributed by atoms with Crippen LogP contribution in [0.4, 0.5) is 0 Å². The molecule has 0 fully saturated rings. The molecule has 0 saturated heterocycles. The van der Waals surface area contributed by atoms with Crippen molar-refractivity contribution in [2.24, 2.45) is 0 Å². The molecule has 1 atom stereocenters. The minimum absolute atomic E-state index is 0.293. The lowest BCUT2D eigenvalue weighted by Crippen LogP contribution is -2.25. The van der Waals surface area contributed by atoms with E-state index in [2.05, 4.69) is 44.1 Å². The van der Waals surface area contributed by atoms with Crippen molar-refractivity contribution in [2.45, 2.75) is 52.7 Å². The first-order valence-corrected chi connectivity index (χ1v) is 6.91. The molecule has 0 radical (unpaired) electrons. The van der Waals surface area contributed by atoms with Gasteiger partial charge in [-0.25, -0.2) is 0 Å². The van der Waals surface area contributed by atoms with Gasteiger partial charge in [-0.1, -0.05) is 13.0 Å². The number of ether oxygens (including phenoxy) is 1. The van der Waals surface area contributed by atoms with Crippen LogP contribution in [-0.2, 0) is 4.74 Å². The molecule has 1 rings (SSSR count). The zero-order chi connectivity index (χ0) is 13.4. The number of hydrogen-bond acceptors (Lipinski definition) is 3. The van der Waals surface area contributed by atoms with Gasteiger partial charge >= 0.3 is 0 Å².